The van der Waals surface area contributed by atoms with E-state index in [2.05, 4.69) is 15.0 Å². The van der Waals surface area contributed by atoms with Crippen molar-refractivity contribution in [3.63, 3.8) is 0 Å². The number of nitrogens with one attached hydrogen (secondary N) is 1. The van der Waals surface area contributed by atoms with E-state index in [-0.39, 0.29) is 24.8 Å². The number of H-pyrrole nitrogens is 1. The molecule has 10 heteroatoms. The third-order valence-corrected chi connectivity index (χ3v) is 5.15. The number of carbonyl (C=O) groups excluding carboxylic acids is 1. The zero-order valence-corrected chi connectivity index (χ0v) is 15.2. The van der Waals surface area contributed by atoms with Gasteiger partial charge >= 0.3 is 6.18 Å². The number of halogens is 4. The molecule has 0 bridgehead atoms. The lowest BCUT2D eigenvalue weighted by atomic mass is 10.2. The van der Waals surface area contributed by atoms with Gasteiger partial charge in [-0.3, -0.25) is 4.79 Å². The number of aromatic amines is 1. The molecule has 2 aromatic heterocycles. The molecule has 0 fully saturated rings. The Hall–Kier alpha value is -2.55. The molecule has 1 aliphatic rings. The van der Waals surface area contributed by atoms with Crippen LogP contribution in [0.2, 0.25) is 5.02 Å². The Kier molecular flexibility index (Phi) is 3.95. The van der Waals surface area contributed by atoms with Crippen LogP contribution in [0.5, 0.6) is 0 Å². The maximum atomic E-state index is 13.1. The maximum absolute atomic E-state index is 13.1. The fourth-order valence-corrected chi connectivity index (χ4v) is 3.62. The summed E-state index contributed by atoms with van der Waals surface area (Å²) < 4.78 is 40.5. The van der Waals surface area contributed by atoms with Gasteiger partial charge in [-0.05, 0) is 31.5 Å². The number of rotatable bonds is 1. The van der Waals surface area contributed by atoms with E-state index >= 15 is 0 Å². The second-order valence-corrected chi connectivity index (χ2v) is 7.04. The molecule has 0 saturated heterocycles. The fourth-order valence-electron chi connectivity index (χ4n) is 3.47. The number of hydrogen-bond donors (Lipinski definition) is 1. The first-order chi connectivity index (χ1) is 12.7. The molecule has 1 aliphatic heterocycles. The molecule has 1 aromatic carbocycles. The lowest BCUT2D eigenvalue weighted by Gasteiger charge is -2.33. The first-order valence-corrected chi connectivity index (χ1v) is 8.62. The number of aromatic nitrogens is 4. The Bertz CT molecular complexity index is 1050. The number of nitrogens with zero attached hydrogens (tertiary/aromatic N) is 4. The average Bonchev–Trinajstić information content (AvgIpc) is 3.22. The van der Waals surface area contributed by atoms with Crippen molar-refractivity contribution in [2.24, 2.45) is 0 Å². The highest BCUT2D eigenvalue weighted by atomic mass is 35.5. The van der Waals surface area contributed by atoms with Gasteiger partial charge in [-0.15, -0.1) is 0 Å². The van der Waals surface area contributed by atoms with E-state index in [1.807, 2.05) is 0 Å². The molecule has 3 heterocycles. The topological polar surface area (TPSA) is 66.8 Å². The molecule has 0 unspecified atom stereocenters. The van der Waals surface area contributed by atoms with Crippen LogP contribution in [0, 0.1) is 6.92 Å². The van der Waals surface area contributed by atoms with Crippen molar-refractivity contribution in [1.29, 1.82) is 0 Å². The van der Waals surface area contributed by atoms with Gasteiger partial charge in [0.25, 0.3) is 5.91 Å². The van der Waals surface area contributed by atoms with Gasteiger partial charge in [0.05, 0.1) is 35.5 Å². The van der Waals surface area contributed by atoms with E-state index in [0.29, 0.717) is 21.7 Å². The number of hydrogen-bond acceptors (Lipinski definition) is 3. The zero-order valence-electron chi connectivity index (χ0n) is 14.4. The SMILES string of the molecule is Cc1c(Cl)ccc2[nH]c(C(=O)N3Cc4cnc(C(F)(F)F)n4[C@@H](C)C3)nc12. The second-order valence-electron chi connectivity index (χ2n) is 6.63. The maximum Gasteiger partial charge on any atom is 0.449 e. The molecule has 0 spiro atoms. The Morgan fingerprint density at radius 1 is 1.37 bits per heavy atom. The smallest absolute Gasteiger partial charge is 0.334 e. The molecule has 4 rings (SSSR count). The van der Waals surface area contributed by atoms with E-state index < -0.39 is 18.0 Å². The summed E-state index contributed by atoms with van der Waals surface area (Å²) >= 11 is 6.09. The Balaban J connectivity index is 1.66. The summed E-state index contributed by atoms with van der Waals surface area (Å²) in [6, 6.07) is 2.89. The molecular formula is C17H15ClF3N5O. The monoisotopic (exact) mass is 397 g/mol. The number of fused-ring (bicyclic) bond motifs is 2. The van der Waals surface area contributed by atoms with Gasteiger partial charge in [0.1, 0.15) is 0 Å². The van der Waals surface area contributed by atoms with Crippen molar-refractivity contribution in [2.75, 3.05) is 6.54 Å². The van der Waals surface area contributed by atoms with Gasteiger partial charge in [0.2, 0.25) is 5.82 Å². The minimum Gasteiger partial charge on any atom is -0.334 e. The van der Waals surface area contributed by atoms with E-state index in [1.165, 1.54) is 11.1 Å². The molecule has 0 aliphatic carbocycles. The van der Waals surface area contributed by atoms with E-state index in [1.54, 1.807) is 26.0 Å². The minimum atomic E-state index is -4.53. The van der Waals surface area contributed by atoms with Crippen molar-refractivity contribution in [3.8, 4) is 0 Å². The van der Waals surface area contributed by atoms with Gasteiger partial charge in [0.15, 0.2) is 5.82 Å². The summed E-state index contributed by atoms with van der Waals surface area (Å²) in [6.45, 7) is 3.59. The summed E-state index contributed by atoms with van der Waals surface area (Å²) in [6.07, 6.45) is -3.37. The van der Waals surface area contributed by atoms with Gasteiger partial charge in [-0.1, -0.05) is 11.6 Å². The van der Waals surface area contributed by atoms with Crippen LogP contribution in [0.4, 0.5) is 13.2 Å². The average molecular weight is 398 g/mol. The number of benzene rings is 1. The highest BCUT2D eigenvalue weighted by Gasteiger charge is 2.40. The molecule has 1 N–H and O–H groups in total. The molecule has 0 saturated carbocycles. The molecule has 3 aromatic rings. The van der Waals surface area contributed by atoms with Crippen LogP contribution in [0.3, 0.4) is 0 Å². The van der Waals surface area contributed by atoms with Crippen molar-refractivity contribution in [1.82, 2.24) is 24.4 Å². The van der Waals surface area contributed by atoms with E-state index in [9.17, 15) is 18.0 Å². The van der Waals surface area contributed by atoms with Crippen LogP contribution < -0.4 is 0 Å². The molecule has 142 valence electrons. The van der Waals surface area contributed by atoms with Crippen LogP contribution in [-0.2, 0) is 12.7 Å². The normalized spacial score (nSPS) is 17.4. The summed E-state index contributed by atoms with van der Waals surface area (Å²) in [5, 5.41) is 0.545. The Labute approximate surface area is 157 Å². The van der Waals surface area contributed by atoms with Gasteiger partial charge in [0, 0.05) is 11.6 Å². The van der Waals surface area contributed by atoms with Crippen LogP contribution in [0.1, 0.15) is 40.7 Å². The zero-order chi connectivity index (χ0) is 19.5. The van der Waals surface area contributed by atoms with Gasteiger partial charge in [-0.25, -0.2) is 9.97 Å². The van der Waals surface area contributed by atoms with Crippen LogP contribution in [-0.4, -0.2) is 36.9 Å². The third kappa shape index (κ3) is 2.86. The summed E-state index contributed by atoms with van der Waals surface area (Å²) in [7, 11) is 0. The van der Waals surface area contributed by atoms with Gasteiger partial charge in [-0.2, -0.15) is 13.2 Å². The molecule has 6 nitrogen and oxygen atoms in total. The van der Waals surface area contributed by atoms with E-state index in [4.69, 9.17) is 11.6 Å². The lowest BCUT2D eigenvalue weighted by Crippen LogP contribution is -2.41. The van der Waals surface area contributed by atoms with Crippen LogP contribution in [0.15, 0.2) is 18.3 Å². The highest BCUT2D eigenvalue weighted by Crippen LogP contribution is 2.34. The largest absolute Gasteiger partial charge is 0.449 e. The highest BCUT2D eigenvalue weighted by molar-refractivity contribution is 6.32. The summed E-state index contributed by atoms with van der Waals surface area (Å²) in [5.41, 5.74) is 2.36. The number of aryl methyl sites for hydroxylation is 1. The predicted octanol–water partition coefficient (Wildman–Crippen LogP) is 3.96. The molecule has 1 atom stereocenters. The van der Waals surface area contributed by atoms with Crippen molar-refractivity contribution >= 4 is 28.5 Å². The van der Waals surface area contributed by atoms with E-state index in [0.717, 1.165) is 10.1 Å². The van der Waals surface area contributed by atoms with Crippen molar-refractivity contribution in [2.45, 2.75) is 32.6 Å². The van der Waals surface area contributed by atoms with Gasteiger partial charge < -0.3 is 14.5 Å². The fraction of sp³-hybridized carbons (Fsp3) is 0.353. The predicted molar refractivity (Wildman–Crippen MR) is 92.5 cm³/mol. The Morgan fingerprint density at radius 2 is 2.11 bits per heavy atom. The molecule has 1 amide bonds. The van der Waals surface area contributed by atoms with Crippen molar-refractivity contribution < 1.29 is 18.0 Å². The quantitative estimate of drug-likeness (QED) is 0.676. The first-order valence-electron chi connectivity index (χ1n) is 8.24. The third-order valence-electron chi connectivity index (χ3n) is 4.74. The summed E-state index contributed by atoms with van der Waals surface area (Å²) in [4.78, 5) is 25.2. The Morgan fingerprint density at radius 3 is 2.81 bits per heavy atom. The first kappa shape index (κ1) is 17.8. The molecule has 0 radical (unpaired) electrons. The van der Waals surface area contributed by atoms with Crippen LogP contribution >= 0.6 is 11.6 Å². The number of carbonyl (C=O) groups is 1. The van der Waals surface area contributed by atoms with Crippen molar-refractivity contribution in [3.05, 3.63) is 46.3 Å². The summed E-state index contributed by atoms with van der Waals surface area (Å²) in [5.74, 6) is -1.19. The standard InChI is InChI=1S/C17H15ClF3N5O/c1-8-6-25(7-10-5-22-16(26(8)10)17(19,20)21)15(27)14-23-12-4-3-11(18)9(2)13(12)24-14/h3-5,8H,6-7H2,1-2H3,(H,23,24)/t8-/m0/s1. The number of alkyl halides is 3. The number of imidazole rings is 2. The number of amides is 1. The second kappa shape index (κ2) is 5.98. The van der Waals surface area contributed by atoms with Crippen LogP contribution in [0.25, 0.3) is 11.0 Å². The molecular weight excluding hydrogens is 383 g/mol. The molecule has 27 heavy (non-hydrogen) atoms. The minimum absolute atomic E-state index is 0.0308. The lowest BCUT2D eigenvalue weighted by molar-refractivity contribution is -0.148.